The standard InChI is InChI=1S/C57H69N3O16S4/c1-6-42(61)28-32-58(29-13-35-79(69,70)71)55(62)41-20-25-48-49(36-41)76-54-40(22-27-51-57(4,5)45-37-43(80(72,73)74)23-24-47(45)60(51)31-10-12-34-78(66,67)68)19-17-38-16-18-39(53(75-48)52(38)54)21-26-50-56(2,3)44-14-7-8-15-46(44)59(50)30-9-11-33-77(63,64)65/h7-8,14-15,20-27,36-38H,6,9-13,16-19,28-35H2,1-5H3,(H3-,63,64,65,66,67,68,69,70,71,72,73,74)/p+1. The van der Waals surface area contributed by atoms with Gasteiger partial charge in [0.25, 0.3) is 46.4 Å². The average Bonchev–Trinajstić information content (AvgIpc) is 3.81. The van der Waals surface area contributed by atoms with Gasteiger partial charge in [-0.25, -0.2) is 0 Å². The van der Waals surface area contributed by atoms with Crippen LogP contribution in [-0.2, 0) is 56.1 Å². The second kappa shape index (κ2) is 23.6. The molecule has 1 atom stereocenters. The Labute approximate surface area is 469 Å². The molecule has 432 valence electrons. The second-order valence-corrected chi connectivity index (χ2v) is 28.1. The van der Waals surface area contributed by atoms with E-state index in [2.05, 4.69) is 30.6 Å². The van der Waals surface area contributed by atoms with E-state index in [0.29, 0.717) is 73.7 Å². The van der Waals surface area contributed by atoms with Gasteiger partial charge in [-0.2, -0.15) is 38.2 Å². The van der Waals surface area contributed by atoms with Crippen LogP contribution in [0.1, 0.15) is 127 Å². The van der Waals surface area contributed by atoms with Crippen LogP contribution < -0.4 is 14.4 Å². The molecule has 0 spiro atoms. The van der Waals surface area contributed by atoms with Crippen LogP contribution in [0.2, 0.25) is 0 Å². The first-order chi connectivity index (χ1) is 37.5. The van der Waals surface area contributed by atoms with Crippen molar-refractivity contribution in [2.75, 3.05) is 48.3 Å². The summed E-state index contributed by atoms with van der Waals surface area (Å²) in [5, 5.41) is 0. The highest BCUT2D eigenvalue weighted by atomic mass is 32.2. The topological polar surface area (TPSA) is 280 Å². The number of carbonyl (C=O) groups is 2. The number of hydrogen-bond donors (Lipinski definition) is 4. The number of carbonyl (C=O) groups excluding carboxylic acids is 2. The molecule has 23 heteroatoms. The number of allylic oxidation sites excluding steroid dienone is 8. The number of rotatable bonds is 23. The summed E-state index contributed by atoms with van der Waals surface area (Å²) in [7, 11) is -17.3. The smallest absolute Gasteiger partial charge is 0.294 e. The third-order valence-corrected chi connectivity index (χ3v) is 19.0. The van der Waals surface area contributed by atoms with Crippen LogP contribution in [-0.4, -0.2) is 122 Å². The zero-order valence-corrected chi connectivity index (χ0v) is 48.8. The molecule has 0 radical (unpaired) electrons. The van der Waals surface area contributed by atoms with Crippen molar-refractivity contribution in [2.24, 2.45) is 5.92 Å². The minimum atomic E-state index is -4.59. The van der Waals surface area contributed by atoms with E-state index in [0.717, 1.165) is 45.8 Å². The first-order valence-electron chi connectivity index (χ1n) is 26.8. The number of unbranched alkanes of at least 4 members (excludes halogenated alkanes) is 2. The second-order valence-electron chi connectivity index (χ2n) is 22.0. The molecule has 8 rings (SSSR count). The predicted molar refractivity (Wildman–Crippen MR) is 303 cm³/mol. The average molecular weight is 1180 g/mol. The highest BCUT2D eigenvalue weighted by molar-refractivity contribution is 7.86. The van der Waals surface area contributed by atoms with Crippen LogP contribution in [0.25, 0.3) is 0 Å². The lowest BCUT2D eigenvalue weighted by atomic mass is 9.74. The number of anilines is 1. The highest BCUT2D eigenvalue weighted by Gasteiger charge is 2.45. The summed E-state index contributed by atoms with van der Waals surface area (Å²) in [5.41, 5.74) is 6.28. The third-order valence-electron chi connectivity index (χ3n) is 15.7. The molecule has 1 unspecified atom stereocenters. The Bertz CT molecular complexity index is 3650. The summed E-state index contributed by atoms with van der Waals surface area (Å²) >= 11 is 0. The summed E-state index contributed by atoms with van der Waals surface area (Å²) in [4.78, 5) is 30.0. The normalized spacial score (nSPS) is 19.7. The minimum absolute atomic E-state index is 0.00429. The Balaban J connectivity index is 1.26. The van der Waals surface area contributed by atoms with Crippen molar-refractivity contribution in [3.05, 3.63) is 136 Å². The quantitative estimate of drug-likeness (QED) is 0.0391. The molecule has 3 heterocycles. The Kier molecular flexibility index (Phi) is 17.8. The summed E-state index contributed by atoms with van der Waals surface area (Å²) in [6.07, 6.45) is 12.0. The monoisotopic (exact) mass is 1180 g/mol. The van der Waals surface area contributed by atoms with Gasteiger partial charge in [0.05, 0.1) is 27.6 Å². The minimum Gasteiger partial charge on any atom is -0.453 e. The van der Waals surface area contributed by atoms with Crippen molar-refractivity contribution in [3.8, 4) is 11.5 Å². The maximum Gasteiger partial charge on any atom is 0.294 e. The van der Waals surface area contributed by atoms with E-state index in [1.165, 1.54) is 17.0 Å². The number of nitrogens with zero attached hydrogens (tertiary/aromatic N) is 3. The maximum absolute atomic E-state index is 14.4. The summed E-state index contributed by atoms with van der Waals surface area (Å²) in [6, 6.07) is 17.2. The number of fused-ring (bicyclic) bond motifs is 3. The van der Waals surface area contributed by atoms with Crippen LogP contribution in [0.3, 0.4) is 0 Å². The van der Waals surface area contributed by atoms with E-state index in [1.807, 2.05) is 55.2 Å². The largest absolute Gasteiger partial charge is 0.453 e. The molecule has 0 aromatic heterocycles. The van der Waals surface area contributed by atoms with Gasteiger partial charge >= 0.3 is 0 Å². The zero-order chi connectivity index (χ0) is 58.2. The van der Waals surface area contributed by atoms with E-state index >= 15 is 0 Å². The molecule has 1 amide bonds. The van der Waals surface area contributed by atoms with Crippen molar-refractivity contribution < 1.29 is 75.5 Å². The highest BCUT2D eigenvalue weighted by Crippen LogP contribution is 2.52. The van der Waals surface area contributed by atoms with Crippen LogP contribution in [0.5, 0.6) is 11.5 Å². The zero-order valence-electron chi connectivity index (χ0n) is 45.6. The van der Waals surface area contributed by atoms with Gasteiger partial charge in [-0.05, 0) is 136 Å². The Morgan fingerprint density at radius 1 is 0.713 bits per heavy atom. The van der Waals surface area contributed by atoms with E-state index in [-0.39, 0.29) is 78.9 Å². The third kappa shape index (κ3) is 13.7. The molecule has 3 aromatic rings. The molecule has 4 N–H and O–H groups in total. The number of para-hydroxylation sites is 1. The summed E-state index contributed by atoms with van der Waals surface area (Å²) in [5.74, 6) is -0.466. The Morgan fingerprint density at radius 3 is 2.06 bits per heavy atom. The molecular formula is C57H70N3O16S4+. The lowest BCUT2D eigenvalue weighted by Gasteiger charge is -2.33. The number of hydrogen-bond acceptors (Lipinski definition) is 13. The summed E-state index contributed by atoms with van der Waals surface area (Å²) in [6.45, 7) is 10.5. The van der Waals surface area contributed by atoms with E-state index in [4.69, 9.17) is 9.47 Å². The Morgan fingerprint density at radius 2 is 1.38 bits per heavy atom. The number of ketones is 1. The van der Waals surface area contributed by atoms with Crippen LogP contribution in [0.15, 0.2) is 124 Å². The molecule has 3 aliphatic heterocycles. The van der Waals surface area contributed by atoms with Crippen molar-refractivity contribution in [1.29, 1.82) is 0 Å². The number of Topliss-reactive ketones (excluding diaryl/α,β-unsaturated/α-hetero) is 1. The van der Waals surface area contributed by atoms with Gasteiger partial charge in [-0.15, -0.1) is 0 Å². The molecule has 0 saturated carbocycles. The van der Waals surface area contributed by atoms with Gasteiger partial charge < -0.3 is 19.3 Å². The molecule has 0 bridgehead atoms. The van der Waals surface area contributed by atoms with Gasteiger partial charge in [0.1, 0.15) is 23.8 Å². The fraction of sp³-hybridized carbons (Fsp3) is 0.456. The molecule has 3 aromatic carbocycles. The lowest BCUT2D eigenvalue weighted by molar-refractivity contribution is -0.438. The predicted octanol–water partition coefficient (Wildman–Crippen LogP) is 9.08. The van der Waals surface area contributed by atoms with Crippen molar-refractivity contribution in [3.63, 3.8) is 0 Å². The molecule has 2 aliphatic carbocycles. The fourth-order valence-corrected chi connectivity index (χ4v) is 13.6. The van der Waals surface area contributed by atoms with Crippen LogP contribution in [0.4, 0.5) is 11.4 Å². The first-order valence-corrected chi connectivity index (χ1v) is 33.1. The van der Waals surface area contributed by atoms with Crippen molar-refractivity contribution >= 4 is 69.2 Å². The van der Waals surface area contributed by atoms with Gasteiger partial charge in [-0.1, -0.05) is 45.0 Å². The molecule has 19 nitrogen and oxygen atoms in total. The molecule has 80 heavy (non-hydrogen) atoms. The Hall–Kier alpha value is -5.79. The molecule has 0 fully saturated rings. The SMILES string of the molecule is CCC(=O)CCN(CCCS(=O)(=O)O)C(=O)c1ccc2c(c1)OC1=C3C(=C(/C=C/C4=[N+](CCCCS(=O)(=O)O)c5ccccc5C4(C)C)CCC3CC/C1=C\C=C1\N(CCCCS(=O)(=O)O)c3ccc(S(=O)(=O)O)cc3C1(C)C)O2. The first kappa shape index (κ1) is 60.3. The molecular weight excluding hydrogens is 1110 g/mol. The van der Waals surface area contributed by atoms with Crippen molar-refractivity contribution in [2.45, 2.75) is 121 Å². The molecule has 0 saturated heterocycles. The van der Waals surface area contributed by atoms with Crippen LogP contribution >= 0.6 is 0 Å². The van der Waals surface area contributed by atoms with Gasteiger partial charge in [0, 0.05) is 84.5 Å². The van der Waals surface area contributed by atoms with Crippen molar-refractivity contribution in [1.82, 2.24) is 4.90 Å². The number of benzene rings is 3. The van der Waals surface area contributed by atoms with E-state index in [1.54, 1.807) is 31.2 Å². The maximum atomic E-state index is 14.4. The van der Waals surface area contributed by atoms with Gasteiger partial charge in [0.2, 0.25) is 5.69 Å². The van der Waals surface area contributed by atoms with E-state index < -0.39 is 68.7 Å². The van der Waals surface area contributed by atoms with E-state index in [9.17, 15) is 61.5 Å². The van der Waals surface area contributed by atoms with Gasteiger partial charge in [-0.3, -0.25) is 27.8 Å². The fourth-order valence-electron chi connectivity index (χ4n) is 11.5. The lowest BCUT2D eigenvalue weighted by Crippen LogP contribution is -2.34. The van der Waals surface area contributed by atoms with Crippen LogP contribution in [0, 0.1) is 5.92 Å². The van der Waals surface area contributed by atoms with Gasteiger partial charge in [0.15, 0.2) is 17.2 Å². The summed E-state index contributed by atoms with van der Waals surface area (Å²) < 4.78 is 150. The number of ether oxygens (including phenoxy) is 2. The molecule has 5 aliphatic rings. The number of amides is 1.